The lowest BCUT2D eigenvalue weighted by atomic mass is 10.3. The molecule has 0 amide bonds. The van der Waals surface area contributed by atoms with Crippen molar-refractivity contribution in [3.63, 3.8) is 0 Å². The topological polar surface area (TPSA) is 41.8 Å². The van der Waals surface area contributed by atoms with Crippen LogP contribution in [0.2, 0.25) is 0 Å². The normalized spacial score (nSPS) is 12.3. The number of hydrogen-bond donors (Lipinski definition) is 1. The number of aliphatic imine (C=N–C) groups is 1. The van der Waals surface area contributed by atoms with E-state index in [0.717, 1.165) is 19.0 Å². The summed E-state index contributed by atoms with van der Waals surface area (Å²) in [4.78, 5) is 6.69. The lowest BCUT2D eigenvalue weighted by molar-refractivity contribution is 0.219. The van der Waals surface area contributed by atoms with E-state index in [2.05, 4.69) is 25.8 Å². The van der Waals surface area contributed by atoms with Crippen LogP contribution in [0.3, 0.4) is 0 Å². The monoisotopic (exact) mass is 474 g/mol. The van der Waals surface area contributed by atoms with Crippen molar-refractivity contribution in [3.8, 4) is 5.75 Å². The zero-order valence-electron chi connectivity index (χ0n) is 15.8. The summed E-state index contributed by atoms with van der Waals surface area (Å²) in [6, 6.07) is 10.5. The Morgan fingerprint density at radius 2 is 2.04 bits per heavy atom. The Bertz CT molecular complexity index is 704. The van der Waals surface area contributed by atoms with Gasteiger partial charge in [-0.05, 0) is 38.1 Å². The van der Waals surface area contributed by atoms with Gasteiger partial charge in [0.05, 0.1) is 13.1 Å². The number of nitrogens with one attached hydrogen (secondary N) is 1. The number of rotatable bonds is 7. The van der Waals surface area contributed by atoms with Crippen molar-refractivity contribution in [1.29, 1.82) is 0 Å². The average Bonchev–Trinajstić information content (AvgIpc) is 2.98. The van der Waals surface area contributed by atoms with Gasteiger partial charge in [0.2, 0.25) is 0 Å². The molecule has 0 saturated carbocycles. The number of aromatic nitrogens is 1. The molecule has 0 aliphatic heterocycles. The maximum atomic E-state index is 13.7. The molecule has 5 nitrogen and oxygen atoms in total. The first-order chi connectivity index (χ1) is 12.0. The Kier molecular flexibility index (Phi) is 9.47. The minimum Gasteiger partial charge on any atom is -0.486 e. The molecule has 0 aliphatic carbocycles. The number of guanidine groups is 1. The Labute approximate surface area is 172 Å². The van der Waals surface area contributed by atoms with Crippen LogP contribution in [-0.4, -0.2) is 41.7 Å². The molecule has 0 radical (unpaired) electrons. The first kappa shape index (κ1) is 22.3. The minimum absolute atomic E-state index is 0. The average molecular weight is 474 g/mol. The van der Waals surface area contributed by atoms with Crippen LogP contribution in [0.5, 0.6) is 5.75 Å². The molecule has 1 aromatic carbocycles. The maximum Gasteiger partial charge on any atom is 0.194 e. The Hall–Kier alpha value is -1.77. The maximum absolute atomic E-state index is 13.7. The summed E-state index contributed by atoms with van der Waals surface area (Å²) in [5.41, 5.74) is 1.20. The summed E-state index contributed by atoms with van der Waals surface area (Å²) in [6.07, 6.45) is 1.80. The molecule has 1 aromatic heterocycles. The summed E-state index contributed by atoms with van der Waals surface area (Å²) < 4.78 is 21.4. The van der Waals surface area contributed by atoms with Gasteiger partial charge in [0.15, 0.2) is 17.5 Å². The van der Waals surface area contributed by atoms with Gasteiger partial charge in [-0.25, -0.2) is 9.38 Å². The summed E-state index contributed by atoms with van der Waals surface area (Å²) in [5, 5.41) is 3.28. The van der Waals surface area contributed by atoms with Gasteiger partial charge in [-0.1, -0.05) is 12.1 Å². The van der Waals surface area contributed by atoms with E-state index in [1.165, 1.54) is 11.8 Å². The van der Waals surface area contributed by atoms with Crippen LogP contribution in [0.15, 0.2) is 47.6 Å². The fourth-order valence-electron chi connectivity index (χ4n) is 2.46. The molecule has 1 unspecified atom stereocenters. The lowest BCUT2D eigenvalue weighted by Gasteiger charge is -2.23. The number of nitrogens with zero attached hydrogens (tertiary/aromatic N) is 3. The number of benzene rings is 1. The summed E-state index contributed by atoms with van der Waals surface area (Å²) in [7, 11) is 4.02. The predicted octanol–water partition coefficient (Wildman–Crippen LogP) is 3.65. The van der Waals surface area contributed by atoms with Crippen molar-refractivity contribution >= 4 is 29.9 Å². The molecular formula is C19H28FIN4O. The van der Waals surface area contributed by atoms with Gasteiger partial charge in [0.1, 0.15) is 6.10 Å². The molecule has 144 valence electrons. The summed E-state index contributed by atoms with van der Waals surface area (Å²) in [6.45, 7) is 5.88. The van der Waals surface area contributed by atoms with E-state index in [-0.39, 0.29) is 41.6 Å². The number of halogens is 2. The van der Waals surface area contributed by atoms with Crippen molar-refractivity contribution in [2.45, 2.75) is 26.5 Å². The number of hydrogen-bond acceptors (Lipinski definition) is 2. The Morgan fingerprint density at radius 3 is 2.65 bits per heavy atom. The van der Waals surface area contributed by atoms with Crippen LogP contribution in [-0.2, 0) is 13.6 Å². The van der Waals surface area contributed by atoms with Gasteiger partial charge < -0.3 is 19.5 Å². The largest absolute Gasteiger partial charge is 0.486 e. The standard InChI is InChI=1S/C19H27FN4O.HI/c1-5-21-19(24(4)14-16-9-8-12-23(16)3)22-13-15(2)25-18-11-7-6-10-17(18)20;/h6-12,15H,5,13-14H2,1-4H3,(H,21,22);1H. The van der Waals surface area contributed by atoms with Crippen LogP contribution in [0.4, 0.5) is 4.39 Å². The van der Waals surface area contributed by atoms with Gasteiger partial charge in [0, 0.05) is 32.5 Å². The molecule has 1 N–H and O–H groups in total. The van der Waals surface area contributed by atoms with Gasteiger partial charge in [-0.2, -0.15) is 0 Å². The molecule has 1 atom stereocenters. The van der Waals surface area contributed by atoms with Gasteiger partial charge in [0.25, 0.3) is 0 Å². The molecule has 0 bridgehead atoms. The Balaban J connectivity index is 0.00000338. The van der Waals surface area contributed by atoms with E-state index in [9.17, 15) is 4.39 Å². The number of ether oxygens (including phenoxy) is 1. The van der Waals surface area contributed by atoms with E-state index in [4.69, 9.17) is 4.74 Å². The molecule has 1 heterocycles. The molecule has 2 aromatic rings. The molecule has 7 heteroatoms. The Morgan fingerprint density at radius 1 is 1.31 bits per heavy atom. The van der Waals surface area contributed by atoms with Crippen LogP contribution in [0.25, 0.3) is 0 Å². The summed E-state index contributed by atoms with van der Waals surface area (Å²) in [5.74, 6) is 0.700. The van der Waals surface area contributed by atoms with Crippen molar-refractivity contribution in [3.05, 3.63) is 54.1 Å². The van der Waals surface area contributed by atoms with E-state index < -0.39 is 0 Å². The van der Waals surface area contributed by atoms with E-state index in [1.54, 1.807) is 18.2 Å². The second kappa shape index (κ2) is 11.1. The second-order valence-electron chi connectivity index (χ2n) is 6.02. The highest BCUT2D eigenvalue weighted by molar-refractivity contribution is 14.0. The quantitative estimate of drug-likeness (QED) is 0.379. The molecular weight excluding hydrogens is 446 g/mol. The molecule has 0 spiro atoms. The van der Waals surface area contributed by atoms with Crippen LogP contribution >= 0.6 is 24.0 Å². The van der Waals surface area contributed by atoms with E-state index in [0.29, 0.717) is 6.54 Å². The van der Waals surface area contributed by atoms with Crippen molar-refractivity contribution in [2.24, 2.45) is 12.0 Å². The highest BCUT2D eigenvalue weighted by Gasteiger charge is 2.11. The zero-order valence-corrected chi connectivity index (χ0v) is 18.1. The zero-order chi connectivity index (χ0) is 18.2. The van der Waals surface area contributed by atoms with Crippen molar-refractivity contribution in [2.75, 3.05) is 20.1 Å². The third-order valence-corrected chi connectivity index (χ3v) is 3.81. The molecule has 2 rings (SSSR count). The van der Waals surface area contributed by atoms with Crippen LogP contribution in [0.1, 0.15) is 19.5 Å². The van der Waals surface area contributed by atoms with Crippen molar-refractivity contribution < 1.29 is 9.13 Å². The fourth-order valence-corrected chi connectivity index (χ4v) is 2.46. The highest BCUT2D eigenvalue weighted by Crippen LogP contribution is 2.17. The SMILES string of the molecule is CCNC(=NCC(C)Oc1ccccc1F)N(C)Cc1cccn1C.I. The molecule has 0 saturated heterocycles. The first-order valence-electron chi connectivity index (χ1n) is 8.52. The molecule has 26 heavy (non-hydrogen) atoms. The van der Waals surface area contributed by atoms with E-state index in [1.807, 2.05) is 40.2 Å². The van der Waals surface area contributed by atoms with Crippen molar-refractivity contribution in [1.82, 2.24) is 14.8 Å². The third-order valence-electron chi connectivity index (χ3n) is 3.81. The van der Waals surface area contributed by atoms with Crippen LogP contribution < -0.4 is 10.1 Å². The van der Waals surface area contributed by atoms with Gasteiger partial charge in [-0.15, -0.1) is 24.0 Å². The molecule has 0 fully saturated rings. The summed E-state index contributed by atoms with van der Waals surface area (Å²) >= 11 is 0. The smallest absolute Gasteiger partial charge is 0.194 e. The molecule has 0 aliphatic rings. The second-order valence-corrected chi connectivity index (χ2v) is 6.02. The van der Waals surface area contributed by atoms with E-state index >= 15 is 0 Å². The lowest BCUT2D eigenvalue weighted by Crippen LogP contribution is -2.39. The number of para-hydroxylation sites is 1. The third kappa shape index (κ3) is 6.51. The van der Waals surface area contributed by atoms with Gasteiger partial charge in [-0.3, -0.25) is 0 Å². The number of aryl methyl sites for hydroxylation is 1. The minimum atomic E-state index is -0.355. The fraction of sp³-hybridized carbons (Fsp3) is 0.421. The van der Waals surface area contributed by atoms with Crippen LogP contribution in [0, 0.1) is 5.82 Å². The van der Waals surface area contributed by atoms with Gasteiger partial charge >= 0.3 is 0 Å². The first-order valence-corrected chi connectivity index (χ1v) is 8.52. The predicted molar refractivity (Wildman–Crippen MR) is 115 cm³/mol. The highest BCUT2D eigenvalue weighted by atomic mass is 127.